The Hall–Kier alpha value is 0.690. The lowest BCUT2D eigenvalue weighted by Gasteiger charge is -2.18. The van der Waals surface area contributed by atoms with Gasteiger partial charge in [0.15, 0.2) is 0 Å². The summed E-state index contributed by atoms with van der Waals surface area (Å²) in [5.74, 6) is 1.07. The molecule has 2 unspecified atom stereocenters. The van der Waals surface area contributed by atoms with Crippen LogP contribution in [0.3, 0.4) is 0 Å². The molecular weight excluding hydrogens is 213 g/mol. The molecule has 1 saturated heterocycles. The molecule has 2 rings (SSSR count). The van der Waals surface area contributed by atoms with E-state index in [0.717, 1.165) is 12.0 Å². The van der Waals surface area contributed by atoms with Gasteiger partial charge in [-0.3, -0.25) is 0 Å². The van der Waals surface area contributed by atoms with E-state index in [-0.39, 0.29) is 0 Å². The fraction of sp³-hybridized carbons (Fsp3) is 1.00. The van der Waals surface area contributed by atoms with Crippen LogP contribution in [-0.4, -0.2) is 15.7 Å². The van der Waals surface area contributed by atoms with Gasteiger partial charge in [-0.15, -0.1) is 0 Å². The second-order valence-corrected chi connectivity index (χ2v) is 4.15. The fourth-order valence-corrected chi connectivity index (χ4v) is 2.93. The average Bonchev–Trinajstić information content (AvgIpc) is 2.23. The van der Waals surface area contributed by atoms with Crippen molar-refractivity contribution in [2.24, 2.45) is 5.92 Å². The molecule has 0 radical (unpaired) electrons. The molecule has 0 spiro atoms. The summed E-state index contributed by atoms with van der Waals surface area (Å²) < 4.78 is 2.48. The largest absolute Gasteiger partial charge is 0.244 e. The summed E-state index contributed by atoms with van der Waals surface area (Å²) in [4.78, 5) is 0. The van der Waals surface area contributed by atoms with Crippen LogP contribution >= 0.6 is 22.9 Å². The van der Waals surface area contributed by atoms with E-state index in [2.05, 4.69) is 26.0 Å². The highest BCUT2D eigenvalue weighted by atomic mass is 127. The predicted molar refractivity (Wildman–Crippen MR) is 41.9 cm³/mol. The molecular formula is C6H10IN. The first kappa shape index (κ1) is 5.47. The third-order valence-electron chi connectivity index (χ3n) is 2.34. The highest BCUT2D eigenvalue weighted by molar-refractivity contribution is 14.1. The van der Waals surface area contributed by atoms with E-state index >= 15 is 0 Å². The molecule has 2 bridgehead atoms. The van der Waals surface area contributed by atoms with E-state index < -0.39 is 0 Å². The van der Waals surface area contributed by atoms with Crippen LogP contribution in [0.15, 0.2) is 0 Å². The van der Waals surface area contributed by atoms with Gasteiger partial charge < -0.3 is 0 Å². The van der Waals surface area contributed by atoms with E-state index in [1.165, 1.54) is 25.8 Å². The Morgan fingerprint density at radius 2 is 2.25 bits per heavy atom. The lowest BCUT2D eigenvalue weighted by atomic mass is 10.1. The molecule has 2 fully saturated rings. The molecule has 46 valence electrons. The molecule has 2 atom stereocenters. The molecule has 1 heterocycles. The van der Waals surface area contributed by atoms with Gasteiger partial charge in [0.2, 0.25) is 0 Å². The van der Waals surface area contributed by atoms with Gasteiger partial charge in [0.1, 0.15) is 0 Å². The van der Waals surface area contributed by atoms with Crippen molar-refractivity contribution in [2.75, 3.05) is 6.54 Å². The Morgan fingerprint density at radius 3 is 2.50 bits per heavy atom. The van der Waals surface area contributed by atoms with Gasteiger partial charge in [-0.2, -0.15) is 0 Å². The van der Waals surface area contributed by atoms with Gasteiger partial charge in [-0.1, -0.05) is 0 Å². The first-order valence-corrected chi connectivity index (χ1v) is 4.25. The molecule has 0 aromatic heterocycles. The average molecular weight is 223 g/mol. The minimum absolute atomic E-state index is 0.959. The van der Waals surface area contributed by atoms with Crippen molar-refractivity contribution in [3.8, 4) is 0 Å². The number of rotatable bonds is 0. The maximum atomic E-state index is 2.48. The van der Waals surface area contributed by atoms with Crippen LogP contribution in [0, 0.1) is 5.92 Å². The second kappa shape index (κ2) is 1.84. The minimum Gasteiger partial charge on any atom is -0.244 e. The molecule has 1 aliphatic carbocycles. The molecule has 0 aromatic carbocycles. The van der Waals surface area contributed by atoms with Crippen LogP contribution in [0.4, 0.5) is 0 Å². The van der Waals surface area contributed by atoms with E-state index in [0.29, 0.717) is 0 Å². The van der Waals surface area contributed by atoms with Crippen molar-refractivity contribution in [1.29, 1.82) is 0 Å². The molecule has 1 saturated carbocycles. The Morgan fingerprint density at radius 1 is 1.38 bits per heavy atom. The van der Waals surface area contributed by atoms with Gasteiger partial charge in [0.25, 0.3) is 0 Å². The number of hydrogen-bond donors (Lipinski definition) is 0. The van der Waals surface area contributed by atoms with E-state index in [1.54, 1.807) is 0 Å². The van der Waals surface area contributed by atoms with Gasteiger partial charge in [0.05, 0.1) is 0 Å². The van der Waals surface area contributed by atoms with E-state index in [4.69, 9.17) is 0 Å². The highest BCUT2D eigenvalue weighted by Gasteiger charge is 2.36. The Kier molecular flexibility index (Phi) is 1.26. The zero-order valence-corrected chi connectivity index (χ0v) is 6.97. The third kappa shape index (κ3) is 0.692. The monoisotopic (exact) mass is 223 g/mol. The number of piperidine rings is 1. The first-order valence-electron chi connectivity index (χ1n) is 3.28. The highest BCUT2D eigenvalue weighted by Crippen LogP contribution is 2.38. The van der Waals surface area contributed by atoms with Gasteiger partial charge in [-0.05, 0) is 25.2 Å². The van der Waals surface area contributed by atoms with E-state index in [9.17, 15) is 0 Å². The zero-order chi connectivity index (χ0) is 5.56. The first-order chi connectivity index (χ1) is 3.86. The van der Waals surface area contributed by atoms with Crippen molar-refractivity contribution in [3.63, 3.8) is 0 Å². The number of halogens is 1. The summed E-state index contributed by atoms with van der Waals surface area (Å²) in [7, 11) is 0. The van der Waals surface area contributed by atoms with Crippen molar-refractivity contribution in [3.05, 3.63) is 0 Å². The maximum Gasteiger partial charge on any atom is 0.0204 e. The molecule has 0 N–H and O–H groups in total. The second-order valence-electron chi connectivity index (χ2n) is 2.92. The van der Waals surface area contributed by atoms with Crippen molar-refractivity contribution in [1.82, 2.24) is 3.11 Å². The summed E-state index contributed by atoms with van der Waals surface area (Å²) in [6.45, 7) is 1.37. The minimum atomic E-state index is 0.959. The summed E-state index contributed by atoms with van der Waals surface area (Å²) in [6, 6.07) is 0.959. The summed E-state index contributed by atoms with van der Waals surface area (Å²) in [5.41, 5.74) is 0. The smallest absolute Gasteiger partial charge is 0.0204 e. The van der Waals surface area contributed by atoms with Crippen LogP contribution in [0.5, 0.6) is 0 Å². The van der Waals surface area contributed by atoms with Crippen molar-refractivity contribution >= 4 is 22.9 Å². The molecule has 0 amide bonds. The molecule has 1 nitrogen and oxygen atoms in total. The molecule has 1 aliphatic heterocycles. The molecule has 2 aliphatic rings. The molecule has 8 heavy (non-hydrogen) atoms. The van der Waals surface area contributed by atoms with Gasteiger partial charge in [0, 0.05) is 35.5 Å². The standard InChI is InChI=1S/C6H10IN/c7-8-4-5-1-2-6(8)3-5/h5-6H,1-4H2. The Bertz CT molecular complexity index is 103. The van der Waals surface area contributed by atoms with Crippen molar-refractivity contribution in [2.45, 2.75) is 25.3 Å². The molecule has 2 heteroatoms. The van der Waals surface area contributed by atoms with Crippen molar-refractivity contribution < 1.29 is 0 Å². The van der Waals surface area contributed by atoms with Crippen LogP contribution < -0.4 is 0 Å². The zero-order valence-electron chi connectivity index (χ0n) is 4.81. The number of hydrogen-bond acceptors (Lipinski definition) is 1. The molecule has 0 aromatic rings. The van der Waals surface area contributed by atoms with Crippen LogP contribution in [0.1, 0.15) is 19.3 Å². The summed E-state index contributed by atoms with van der Waals surface area (Å²) in [6.07, 6.45) is 4.46. The number of nitrogens with zero attached hydrogens (tertiary/aromatic N) is 1. The van der Waals surface area contributed by atoms with Crippen LogP contribution in [0.2, 0.25) is 0 Å². The van der Waals surface area contributed by atoms with E-state index in [1.807, 2.05) is 0 Å². The lowest BCUT2D eigenvalue weighted by molar-refractivity contribution is 0.394. The topological polar surface area (TPSA) is 3.24 Å². The van der Waals surface area contributed by atoms with Crippen LogP contribution in [-0.2, 0) is 0 Å². The fourth-order valence-electron chi connectivity index (χ4n) is 1.86. The third-order valence-corrected chi connectivity index (χ3v) is 3.52. The summed E-state index contributed by atoms with van der Waals surface area (Å²) >= 11 is 2.46. The Balaban J connectivity index is 2.11. The quantitative estimate of drug-likeness (QED) is 0.447. The van der Waals surface area contributed by atoms with Crippen LogP contribution in [0.25, 0.3) is 0 Å². The van der Waals surface area contributed by atoms with Gasteiger partial charge in [-0.25, -0.2) is 3.11 Å². The summed E-state index contributed by atoms with van der Waals surface area (Å²) in [5, 5.41) is 0. The maximum absolute atomic E-state index is 2.48. The number of fused-ring (bicyclic) bond motifs is 2. The normalized spacial score (nSPS) is 46.1. The predicted octanol–water partition coefficient (Wildman–Crippen LogP) is 1.82. The Labute approximate surface area is 63.9 Å². The van der Waals surface area contributed by atoms with Gasteiger partial charge >= 0.3 is 0 Å². The lowest BCUT2D eigenvalue weighted by Crippen LogP contribution is -2.21. The SMILES string of the molecule is IN1CC2CCC1C2.